The van der Waals surface area contributed by atoms with Crippen LogP contribution in [0.5, 0.6) is 0 Å². The molecule has 0 aromatic carbocycles. The summed E-state index contributed by atoms with van der Waals surface area (Å²) >= 11 is 1.72. The summed E-state index contributed by atoms with van der Waals surface area (Å²) < 4.78 is 10.6. The molecule has 1 saturated heterocycles. The normalized spacial score (nSPS) is 18.7. The van der Waals surface area contributed by atoms with Gasteiger partial charge in [0.2, 0.25) is 5.91 Å². The summed E-state index contributed by atoms with van der Waals surface area (Å²) in [5, 5.41) is 2.08. The van der Waals surface area contributed by atoms with Crippen LogP contribution < -0.4 is 0 Å². The van der Waals surface area contributed by atoms with E-state index in [0.717, 1.165) is 26.1 Å². The van der Waals surface area contributed by atoms with Crippen molar-refractivity contribution in [1.29, 1.82) is 0 Å². The van der Waals surface area contributed by atoms with E-state index in [1.165, 1.54) is 10.4 Å². The van der Waals surface area contributed by atoms with E-state index in [1.54, 1.807) is 18.4 Å². The standard InChI is InChI=1S/C16H25NO3S/c1-13-5-9-21-15(13)11-17(6-8-19-2)16(18)10-14-4-3-7-20-12-14/h5,9,14H,3-4,6-8,10-12H2,1-2H3/t14-/m0/s1. The van der Waals surface area contributed by atoms with Crippen molar-refractivity contribution in [2.75, 3.05) is 33.5 Å². The fourth-order valence-electron chi connectivity index (χ4n) is 2.58. The van der Waals surface area contributed by atoms with Gasteiger partial charge in [0.1, 0.15) is 0 Å². The van der Waals surface area contributed by atoms with Gasteiger partial charge in [0, 0.05) is 38.2 Å². The molecule has 21 heavy (non-hydrogen) atoms. The Bertz CT molecular complexity index is 440. The van der Waals surface area contributed by atoms with Crippen LogP contribution in [0.4, 0.5) is 0 Å². The van der Waals surface area contributed by atoms with Gasteiger partial charge in [0.15, 0.2) is 0 Å². The molecule has 0 spiro atoms. The second kappa shape index (κ2) is 8.51. The molecule has 1 aromatic heterocycles. The molecule has 2 rings (SSSR count). The van der Waals surface area contributed by atoms with E-state index in [-0.39, 0.29) is 5.91 Å². The van der Waals surface area contributed by atoms with Crippen molar-refractivity contribution in [3.05, 3.63) is 21.9 Å². The van der Waals surface area contributed by atoms with Gasteiger partial charge in [0.25, 0.3) is 0 Å². The first kappa shape index (κ1) is 16.5. The molecule has 1 aliphatic rings. The van der Waals surface area contributed by atoms with Gasteiger partial charge in [-0.25, -0.2) is 0 Å². The van der Waals surface area contributed by atoms with Gasteiger partial charge >= 0.3 is 0 Å². The molecule has 4 nitrogen and oxygen atoms in total. The average Bonchev–Trinajstić information content (AvgIpc) is 2.89. The molecular weight excluding hydrogens is 286 g/mol. The molecule has 2 heterocycles. The molecule has 1 aromatic rings. The summed E-state index contributed by atoms with van der Waals surface area (Å²) in [4.78, 5) is 15.8. The highest BCUT2D eigenvalue weighted by atomic mass is 32.1. The van der Waals surface area contributed by atoms with Crippen LogP contribution in [-0.4, -0.2) is 44.3 Å². The first-order valence-corrected chi connectivity index (χ1v) is 8.46. The van der Waals surface area contributed by atoms with Crippen LogP contribution in [0.3, 0.4) is 0 Å². The molecule has 0 N–H and O–H groups in total. The smallest absolute Gasteiger partial charge is 0.223 e. The summed E-state index contributed by atoms with van der Waals surface area (Å²) in [6, 6.07) is 2.11. The molecule has 0 aliphatic carbocycles. The molecule has 0 bridgehead atoms. The molecule has 1 fully saturated rings. The van der Waals surface area contributed by atoms with Gasteiger partial charge in [-0.05, 0) is 42.7 Å². The predicted molar refractivity (Wildman–Crippen MR) is 84.5 cm³/mol. The zero-order valence-electron chi connectivity index (χ0n) is 13.0. The van der Waals surface area contributed by atoms with E-state index in [9.17, 15) is 4.79 Å². The molecular formula is C16H25NO3S. The number of methoxy groups -OCH3 is 1. The van der Waals surface area contributed by atoms with E-state index in [1.807, 2.05) is 4.90 Å². The third-order valence-electron chi connectivity index (χ3n) is 3.94. The van der Waals surface area contributed by atoms with Crippen LogP contribution in [-0.2, 0) is 20.8 Å². The van der Waals surface area contributed by atoms with E-state index in [2.05, 4.69) is 18.4 Å². The van der Waals surface area contributed by atoms with Crippen LogP contribution >= 0.6 is 11.3 Å². The molecule has 5 heteroatoms. The minimum atomic E-state index is 0.218. The fourth-order valence-corrected chi connectivity index (χ4v) is 3.50. The van der Waals surface area contributed by atoms with Crippen molar-refractivity contribution in [1.82, 2.24) is 4.90 Å². The Morgan fingerprint density at radius 2 is 2.43 bits per heavy atom. The third kappa shape index (κ3) is 5.09. The quantitative estimate of drug-likeness (QED) is 0.777. The van der Waals surface area contributed by atoms with Crippen LogP contribution in [0.1, 0.15) is 29.7 Å². The van der Waals surface area contributed by atoms with Gasteiger partial charge < -0.3 is 14.4 Å². The van der Waals surface area contributed by atoms with Crippen molar-refractivity contribution in [3.8, 4) is 0 Å². The second-order valence-corrected chi connectivity index (χ2v) is 6.62. The number of carbonyl (C=O) groups is 1. The lowest BCUT2D eigenvalue weighted by Gasteiger charge is -2.27. The molecule has 1 atom stereocenters. The Labute approximate surface area is 131 Å². The number of hydrogen-bond acceptors (Lipinski definition) is 4. The number of carbonyl (C=O) groups excluding carboxylic acids is 1. The second-order valence-electron chi connectivity index (χ2n) is 5.62. The number of ether oxygens (including phenoxy) is 2. The monoisotopic (exact) mass is 311 g/mol. The Balaban J connectivity index is 1.93. The lowest BCUT2D eigenvalue weighted by Crippen LogP contribution is -2.35. The first-order chi connectivity index (χ1) is 10.2. The maximum Gasteiger partial charge on any atom is 0.223 e. The highest BCUT2D eigenvalue weighted by Crippen LogP contribution is 2.21. The highest BCUT2D eigenvalue weighted by molar-refractivity contribution is 7.10. The SMILES string of the molecule is COCCN(Cc1sccc1C)C(=O)C[C@@H]1CCCOC1. The number of nitrogens with zero attached hydrogens (tertiary/aromatic N) is 1. The van der Waals surface area contributed by atoms with Gasteiger partial charge in [-0.3, -0.25) is 4.79 Å². The largest absolute Gasteiger partial charge is 0.383 e. The van der Waals surface area contributed by atoms with Crippen LogP contribution in [0.2, 0.25) is 0 Å². The summed E-state index contributed by atoms with van der Waals surface area (Å²) in [6.07, 6.45) is 2.76. The topological polar surface area (TPSA) is 38.8 Å². The summed E-state index contributed by atoms with van der Waals surface area (Å²) in [6.45, 7) is 5.59. The lowest BCUT2D eigenvalue weighted by atomic mass is 9.98. The van der Waals surface area contributed by atoms with Gasteiger partial charge in [-0.2, -0.15) is 0 Å². The first-order valence-electron chi connectivity index (χ1n) is 7.58. The molecule has 1 amide bonds. The van der Waals surface area contributed by atoms with Crippen LogP contribution in [0.15, 0.2) is 11.4 Å². The van der Waals surface area contributed by atoms with Gasteiger partial charge in [-0.1, -0.05) is 0 Å². The van der Waals surface area contributed by atoms with E-state index >= 15 is 0 Å². The average molecular weight is 311 g/mol. The zero-order valence-corrected chi connectivity index (χ0v) is 13.8. The van der Waals surface area contributed by atoms with Crippen molar-refractivity contribution in [2.24, 2.45) is 5.92 Å². The highest BCUT2D eigenvalue weighted by Gasteiger charge is 2.22. The van der Waals surface area contributed by atoms with Crippen molar-refractivity contribution in [2.45, 2.75) is 32.7 Å². The third-order valence-corrected chi connectivity index (χ3v) is 4.95. The van der Waals surface area contributed by atoms with Crippen LogP contribution in [0, 0.1) is 12.8 Å². The Morgan fingerprint density at radius 1 is 1.57 bits per heavy atom. The summed E-state index contributed by atoms with van der Waals surface area (Å²) in [5.74, 6) is 0.594. The lowest BCUT2D eigenvalue weighted by molar-refractivity contribution is -0.134. The molecule has 0 saturated carbocycles. The number of aryl methyl sites for hydroxylation is 1. The summed E-state index contributed by atoms with van der Waals surface area (Å²) in [5.41, 5.74) is 1.26. The fraction of sp³-hybridized carbons (Fsp3) is 0.688. The van der Waals surface area contributed by atoms with Gasteiger partial charge in [0.05, 0.1) is 13.2 Å². The van der Waals surface area contributed by atoms with Crippen molar-refractivity contribution < 1.29 is 14.3 Å². The summed E-state index contributed by atoms with van der Waals surface area (Å²) in [7, 11) is 1.67. The molecule has 1 aliphatic heterocycles. The number of rotatable bonds is 7. The number of thiophene rings is 1. The Kier molecular flexibility index (Phi) is 6.67. The Hall–Kier alpha value is -0.910. The maximum atomic E-state index is 12.6. The zero-order chi connectivity index (χ0) is 15.1. The number of amides is 1. The van der Waals surface area contributed by atoms with Crippen molar-refractivity contribution in [3.63, 3.8) is 0 Å². The van der Waals surface area contributed by atoms with Gasteiger partial charge in [-0.15, -0.1) is 11.3 Å². The van der Waals surface area contributed by atoms with E-state index in [0.29, 0.717) is 32.0 Å². The maximum absolute atomic E-state index is 12.6. The Morgan fingerprint density at radius 3 is 3.05 bits per heavy atom. The van der Waals surface area contributed by atoms with E-state index < -0.39 is 0 Å². The minimum Gasteiger partial charge on any atom is -0.383 e. The van der Waals surface area contributed by atoms with E-state index in [4.69, 9.17) is 9.47 Å². The predicted octanol–water partition coefficient (Wildman–Crippen LogP) is 2.85. The van der Waals surface area contributed by atoms with Crippen LogP contribution in [0.25, 0.3) is 0 Å². The molecule has 118 valence electrons. The molecule has 0 unspecified atom stereocenters. The van der Waals surface area contributed by atoms with Crippen molar-refractivity contribution >= 4 is 17.2 Å². The minimum absolute atomic E-state index is 0.218. The molecule has 0 radical (unpaired) electrons. The number of hydrogen-bond donors (Lipinski definition) is 0.